The fourth-order valence-electron chi connectivity index (χ4n) is 2.18. The molecule has 0 aliphatic heterocycles. The molecule has 0 spiro atoms. The van der Waals surface area contributed by atoms with E-state index in [-0.39, 0.29) is 28.7 Å². The average Bonchev–Trinajstić information content (AvgIpc) is 2.52. The highest BCUT2D eigenvalue weighted by molar-refractivity contribution is 5.64. The van der Waals surface area contributed by atoms with Gasteiger partial charge in [-0.15, -0.1) is 0 Å². The third-order valence-corrected chi connectivity index (χ3v) is 3.43. The number of aromatic nitrogens is 1. The summed E-state index contributed by atoms with van der Waals surface area (Å²) < 4.78 is 28.3. The standard InChI is InChI=1S/C18H19F2NO2/c1-12(22)5-3-2-4-6-13-7-9-15(18(20)17(13)19)16-10-8-14(23)11-21-16/h4,6-12,22-23H,2-3,5H2,1H3. The maximum atomic E-state index is 14.2. The fraction of sp³-hybridized carbons (Fsp3) is 0.278. The molecule has 2 aromatic rings. The van der Waals surface area contributed by atoms with Gasteiger partial charge in [0.2, 0.25) is 0 Å². The van der Waals surface area contributed by atoms with Gasteiger partial charge in [-0.25, -0.2) is 8.78 Å². The lowest BCUT2D eigenvalue weighted by atomic mass is 10.1. The first-order valence-electron chi connectivity index (χ1n) is 7.47. The van der Waals surface area contributed by atoms with E-state index >= 15 is 0 Å². The molecule has 0 saturated heterocycles. The number of allylic oxidation sites excluding steroid dienone is 1. The van der Waals surface area contributed by atoms with Gasteiger partial charge in [-0.05, 0) is 44.4 Å². The molecule has 23 heavy (non-hydrogen) atoms. The van der Waals surface area contributed by atoms with Crippen LogP contribution in [-0.4, -0.2) is 21.3 Å². The highest BCUT2D eigenvalue weighted by Crippen LogP contribution is 2.26. The van der Waals surface area contributed by atoms with Crippen LogP contribution in [0, 0.1) is 11.6 Å². The predicted octanol–water partition coefficient (Wildman–Crippen LogP) is 4.30. The van der Waals surface area contributed by atoms with Gasteiger partial charge in [0, 0.05) is 11.1 Å². The largest absolute Gasteiger partial charge is 0.506 e. The molecule has 5 heteroatoms. The predicted molar refractivity (Wildman–Crippen MR) is 85.8 cm³/mol. The molecule has 2 rings (SSSR count). The zero-order valence-corrected chi connectivity index (χ0v) is 12.8. The Morgan fingerprint density at radius 3 is 2.61 bits per heavy atom. The van der Waals surface area contributed by atoms with Gasteiger partial charge in [-0.2, -0.15) is 0 Å². The van der Waals surface area contributed by atoms with E-state index in [0.29, 0.717) is 12.8 Å². The van der Waals surface area contributed by atoms with Crippen LogP contribution in [0.3, 0.4) is 0 Å². The molecular formula is C18H19F2NO2. The van der Waals surface area contributed by atoms with Gasteiger partial charge in [0.1, 0.15) is 5.75 Å². The van der Waals surface area contributed by atoms with Crippen molar-refractivity contribution in [1.82, 2.24) is 4.98 Å². The second-order valence-corrected chi connectivity index (χ2v) is 5.41. The van der Waals surface area contributed by atoms with Gasteiger partial charge < -0.3 is 10.2 Å². The van der Waals surface area contributed by atoms with Crippen LogP contribution in [0.4, 0.5) is 8.78 Å². The summed E-state index contributed by atoms with van der Waals surface area (Å²) in [5.74, 6) is -1.93. The van der Waals surface area contributed by atoms with Gasteiger partial charge in [0.15, 0.2) is 11.6 Å². The normalized spacial score (nSPS) is 12.7. The van der Waals surface area contributed by atoms with Gasteiger partial charge in [-0.3, -0.25) is 4.98 Å². The smallest absolute Gasteiger partial charge is 0.168 e. The summed E-state index contributed by atoms with van der Waals surface area (Å²) in [6.45, 7) is 1.72. The van der Waals surface area contributed by atoms with E-state index in [9.17, 15) is 13.9 Å². The number of hydrogen-bond acceptors (Lipinski definition) is 3. The van der Waals surface area contributed by atoms with Crippen LogP contribution in [0.5, 0.6) is 5.75 Å². The number of pyridine rings is 1. The minimum Gasteiger partial charge on any atom is -0.506 e. The molecule has 0 fully saturated rings. The van der Waals surface area contributed by atoms with Crippen molar-refractivity contribution in [2.45, 2.75) is 32.3 Å². The van der Waals surface area contributed by atoms with Crippen molar-refractivity contribution in [3.05, 3.63) is 53.7 Å². The molecule has 3 nitrogen and oxygen atoms in total. The lowest BCUT2D eigenvalue weighted by Gasteiger charge is -2.06. The molecule has 0 amide bonds. The van der Waals surface area contributed by atoms with E-state index in [1.54, 1.807) is 13.0 Å². The van der Waals surface area contributed by atoms with E-state index in [0.717, 1.165) is 6.42 Å². The van der Waals surface area contributed by atoms with Crippen molar-refractivity contribution < 1.29 is 19.0 Å². The summed E-state index contributed by atoms with van der Waals surface area (Å²) in [6.07, 6.45) is 6.28. The number of aliphatic hydroxyl groups is 1. The van der Waals surface area contributed by atoms with Crippen LogP contribution in [0.25, 0.3) is 17.3 Å². The topological polar surface area (TPSA) is 53.4 Å². The van der Waals surface area contributed by atoms with E-state index in [4.69, 9.17) is 5.11 Å². The fourth-order valence-corrected chi connectivity index (χ4v) is 2.18. The van der Waals surface area contributed by atoms with Crippen LogP contribution in [0.2, 0.25) is 0 Å². The molecule has 1 aromatic heterocycles. The number of halogens is 2. The minimum absolute atomic E-state index is 0.0358. The number of benzene rings is 1. The molecule has 1 aromatic carbocycles. The van der Waals surface area contributed by atoms with E-state index < -0.39 is 11.6 Å². The van der Waals surface area contributed by atoms with Crippen LogP contribution in [0.1, 0.15) is 31.7 Å². The quantitative estimate of drug-likeness (QED) is 0.781. The highest BCUT2D eigenvalue weighted by Gasteiger charge is 2.14. The minimum atomic E-state index is -0.964. The summed E-state index contributed by atoms with van der Waals surface area (Å²) in [4.78, 5) is 3.88. The molecular weight excluding hydrogens is 300 g/mol. The Labute approximate surface area is 133 Å². The maximum absolute atomic E-state index is 14.2. The van der Waals surface area contributed by atoms with Crippen LogP contribution in [0.15, 0.2) is 36.5 Å². The van der Waals surface area contributed by atoms with Crippen LogP contribution >= 0.6 is 0 Å². The Balaban J connectivity index is 2.14. The molecule has 1 atom stereocenters. The molecule has 2 N–H and O–H groups in total. The van der Waals surface area contributed by atoms with Gasteiger partial charge in [-0.1, -0.05) is 18.2 Å². The lowest BCUT2D eigenvalue weighted by molar-refractivity contribution is 0.182. The maximum Gasteiger partial charge on any atom is 0.168 e. The molecule has 0 aliphatic rings. The Hall–Kier alpha value is -2.27. The number of hydrogen-bond donors (Lipinski definition) is 2. The second kappa shape index (κ2) is 7.83. The van der Waals surface area contributed by atoms with Crippen molar-refractivity contribution >= 4 is 6.08 Å². The summed E-state index contributed by atoms with van der Waals surface area (Å²) in [5, 5.41) is 18.3. The van der Waals surface area contributed by atoms with Gasteiger partial charge >= 0.3 is 0 Å². The SMILES string of the molecule is CC(O)CCCC=Cc1ccc(-c2ccc(O)cn2)c(F)c1F. The van der Waals surface area contributed by atoms with Gasteiger partial charge in [0.05, 0.1) is 18.0 Å². The average molecular weight is 319 g/mol. The third kappa shape index (κ3) is 4.60. The van der Waals surface area contributed by atoms with E-state index in [2.05, 4.69) is 4.98 Å². The number of aliphatic hydroxyl groups excluding tert-OH is 1. The highest BCUT2D eigenvalue weighted by atomic mass is 19.2. The lowest BCUT2D eigenvalue weighted by Crippen LogP contribution is -1.97. The Kier molecular flexibility index (Phi) is 5.82. The first kappa shape index (κ1) is 17.1. The van der Waals surface area contributed by atoms with Crippen molar-refractivity contribution in [3.63, 3.8) is 0 Å². The number of nitrogens with zero attached hydrogens (tertiary/aromatic N) is 1. The molecule has 0 aliphatic carbocycles. The number of rotatable bonds is 6. The Bertz CT molecular complexity index is 682. The van der Waals surface area contributed by atoms with Crippen molar-refractivity contribution in [2.24, 2.45) is 0 Å². The molecule has 1 unspecified atom stereocenters. The zero-order valence-electron chi connectivity index (χ0n) is 12.8. The van der Waals surface area contributed by atoms with Crippen LogP contribution < -0.4 is 0 Å². The van der Waals surface area contributed by atoms with E-state index in [1.807, 2.05) is 0 Å². The van der Waals surface area contributed by atoms with E-state index in [1.165, 1.54) is 36.5 Å². The van der Waals surface area contributed by atoms with Crippen molar-refractivity contribution in [2.75, 3.05) is 0 Å². The zero-order chi connectivity index (χ0) is 16.8. The monoisotopic (exact) mass is 319 g/mol. The number of aromatic hydroxyl groups is 1. The third-order valence-electron chi connectivity index (χ3n) is 3.43. The summed E-state index contributed by atoms with van der Waals surface area (Å²) in [7, 11) is 0. The first-order chi connectivity index (χ1) is 11.0. The summed E-state index contributed by atoms with van der Waals surface area (Å²) >= 11 is 0. The second-order valence-electron chi connectivity index (χ2n) is 5.41. The van der Waals surface area contributed by atoms with Gasteiger partial charge in [0.25, 0.3) is 0 Å². The Morgan fingerprint density at radius 2 is 1.96 bits per heavy atom. The van der Waals surface area contributed by atoms with Crippen LogP contribution in [-0.2, 0) is 0 Å². The molecule has 1 heterocycles. The molecule has 122 valence electrons. The molecule has 0 bridgehead atoms. The van der Waals surface area contributed by atoms with Crippen molar-refractivity contribution in [3.8, 4) is 17.0 Å². The number of unbranched alkanes of at least 4 members (excludes halogenated alkanes) is 1. The molecule has 0 radical (unpaired) electrons. The van der Waals surface area contributed by atoms with Crippen molar-refractivity contribution in [1.29, 1.82) is 0 Å². The molecule has 0 saturated carbocycles. The Morgan fingerprint density at radius 1 is 1.17 bits per heavy atom. The first-order valence-corrected chi connectivity index (χ1v) is 7.47. The summed E-state index contributed by atoms with van der Waals surface area (Å²) in [6, 6.07) is 5.76. The summed E-state index contributed by atoms with van der Waals surface area (Å²) in [5.41, 5.74) is 0.475.